The van der Waals surface area contributed by atoms with Crippen LogP contribution in [0.3, 0.4) is 0 Å². The Morgan fingerprint density at radius 2 is 2.25 bits per heavy atom. The number of hydrogen-bond acceptors (Lipinski definition) is 4. The molecule has 1 aromatic heterocycles. The fourth-order valence-corrected chi connectivity index (χ4v) is 2.64. The van der Waals surface area contributed by atoms with Crippen molar-refractivity contribution in [3.8, 4) is 0 Å². The van der Waals surface area contributed by atoms with Crippen LogP contribution in [0, 0.1) is 0 Å². The molecular weight excluding hydrogens is 252 g/mol. The van der Waals surface area contributed by atoms with Crippen LogP contribution in [0.5, 0.6) is 0 Å². The number of rotatable bonds is 3. The van der Waals surface area contributed by atoms with E-state index in [1.807, 2.05) is 31.1 Å². The van der Waals surface area contributed by atoms with Gasteiger partial charge in [0.25, 0.3) is 5.91 Å². The summed E-state index contributed by atoms with van der Waals surface area (Å²) in [6.45, 7) is 3.58. The first-order valence-corrected chi connectivity index (χ1v) is 7.13. The zero-order valence-corrected chi connectivity index (χ0v) is 12.5. The van der Waals surface area contributed by atoms with Gasteiger partial charge in [0.15, 0.2) is 0 Å². The van der Waals surface area contributed by atoms with Crippen molar-refractivity contribution < 1.29 is 4.79 Å². The lowest BCUT2D eigenvalue weighted by Crippen LogP contribution is -2.48. The molecule has 1 aliphatic heterocycles. The number of piperidine rings is 1. The highest BCUT2D eigenvalue weighted by atomic mass is 16.2. The number of aromatic nitrogens is 1. The molecule has 0 bridgehead atoms. The summed E-state index contributed by atoms with van der Waals surface area (Å²) >= 11 is 0. The molecule has 2 heterocycles. The van der Waals surface area contributed by atoms with Crippen molar-refractivity contribution in [2.75, 3.05) is 20.6 Å². The average molecular weight is 276 g/mol. The van der Waals surface area contributed by atoms with E-state index in [-0.39, 0.29) is 18.0 Å². The number of carbonyl (C=O) groups excluding carboxylic acids is 1. The molecule has 0 aliphatic carbocycles. The van der Waals surface area contributed by atoms with Crippen molar-refractivity contribution in [3.63, 3.8) is 0 Å². The molecule has 2 N–H and O–H groups in total. The largest absolute Gasteiger partial charge is 0.336 e. The van der Waals surface area contributed by atoms with E-state index in [1.54, 1.807) is 6.20 Å². The molecule has 1 saturated heterocycles. The first kappa shape index (κ1) is 14.9. The highest BCUT2D eigenvalue weighted by Gasteiger charge is 2.27. The summed E-state index contributed by atoms with van der Waals surface area (Å²) in [7, 11) is 4.00. The van der Waals surface area contributed by atoms with Gasteiger partial charge in [0.1, 0.15) is 0 Å². The third kappa shape index (κ3) is 3.55. The van der Waals surface area contributed by atoms with E-state index in [1.165, 1.54) is 0 Å². The van der Waals surface area contributed by atoms with Crippen molar-refractivity contribution in [3.05, 3.63) is 29.6 Å². The highest BCUT2D eigenvalue weighted by Crippen LogP contribution is 2.18. The Morgan fingerprint density at radius 1 is 1.50 bits per heavy atom. The van der Waals surface area contributed by atoms with Gasteiger partial charge in [-0.15, -0.1) is 0 Å². The molecule has 0 radical (unpaired) electrons. The van der Waals surface area contributed by atoms with Crippen LogP contribution in [0.2, 0.25) is 0 Å². The molecule has 0 spiro atoms. The minimum Gasteiger partial charge on any atom is -0.336 e. The van der Waals surface area contributed by atoms with Gasteiger partial charge in [-0.3, -0.25) is 9.78 Å². The third-order valence-corrected chi connectivity index (χ3v) is 3.73. The number of nitrogens with zero attached hydrogens (tertiary/aromatic N) is 3. The molecule has 1 aromatic rings. The predicted octanol–water partition coefficient (Wildman–Crippen LogP) is 1.10. The van der Waals surface area contributed by atoms with E-state index < -0.39 is 0 Å². The zero-order valence-electron chi connectivity index (χ0n) is 12.5. The fraction of sp³-hybridized carbons (Fsp3) is 0.600. The van der Waals surface area contributed by atoms with Gasteiger partial charge < -0.3 is 15.5 Å². The van der Waals surface area contributed by atoms with Crippen LogP contribution in [0.4, 0.5) is 0 Å². The number of nitrogens with two attached hydrogens (primary N) is 1. The Kier molecular flexibility index (Phi) is 4.73. The van der Waals surface area contributed by atoms with Crippen molar-refractivity contribution in [2.24, 2.45) is 5.73 Å². The second kappa shape index (κ2) is 6.33. The standard InChI is InChI=1S/C15H24N4O/c1-11-8-13(16)6-7-19(11)15(20)12-4-5-14(17-9-12)10-18(2)3/h4-5,9,11,13H,6-8,10,16H2,1-3H3. The Bertz CT molecular complexity index is 457. The molecule has 0 aromatic carbocycles. The van der Waals surface area contributed by atoms with Crippen molar-refractivity contribution in [1.29, 1.82) is 0 Å². The number of hydrogen-bond donors (Lipinski definition) is 1. The van der Waals surface area contributed by atoms with E-state index in [0.29, 0.717) is 5.56 Å². The van der Waals surface area contributed by atoms with Gasteiger partial charge in [0.2, 0.25) is 0 Å². The summed E-state index contributed by atoms with van der Waals surface area (Å²) in [5.74, 6) is 0.0632. The lowest BCUT2D eigenvalue weighted by atomic mass is 9.98. The lowest BCUT2D eigenvalue weighted by molar-refractivity contribution is 0.0618. The molecule has 1 aliphatic rings. The second-order valence-electron chi connectivity index (χ2n) is 5.91. The van der Waals surface area contributed by atoms with Gasteiger partial charge in [0, 0.05) is 31.4 Å². The van der Waals surface area contributed by atoms with Crippen LogP contribution in [0.1, 0.15) is 35.8 Å². The molecule has 1 fully saturated rings. The van der Waals surface area contributed by atoms with Gasteiger partial charge in [-0.05, 0) is 46.0 Å². The van der Waals surface area contributed by atoms with Crippen molar-refractivity contribution in [1.82, 2.24) is 14.8 Å². The first-order chi connectivity index (χ1) is 9.47. The quantitative estimate of drug-likeness (QED) is 0.898. The molecule has 2 unspecified atom stereocenters. The lowest BCUT2D eigenvalue weighted by Gasteiger charge is -2.36. The molecule has 2 rings (SSSR count). The Balaban J connectivity index is 2.05. The van der Waals surface area contributed by atoms with Gasteiger partial charge in [-0.1, -0.05) is 0 Å². The molecule has 110 valence electrons. The van der Waals surface area contributed by atoms with Crippen LogP contribution in [0.25, 0.3) is 0 Å². The Labute approximate surface area is 120 Å². The molecule has 5 heteroatoms. The topological polar surface area (TPSA) is 62.5 Å². The number of likely N-dealkylation sites (tertiary alicyclic amines) is 1. The van der Waals surface area contributed by atoms with Gasteiger partial charge in [-0.25, -0.2) is 0 Å². The summed E-state index contributed by atoms with van der Waals surface area (Å²) in [5, 5.41) is 0. The summed E-state index contributed by atoms with van der Waals surface area (Å²) in [6.07, 6.45) is 3.43. The summed E-state index contributed by atoms with van der Waals surface area (Å²) in [5.41, 5.74) is 7.57. The van der Waals surface area contributed by atoms with Gasteiger partial charge in [0.05, 0.1) is 11.3 Å². The first-order valence-electron chi connectivity index (χ1n) is 7.13. The minimum atomic E-state index is 0.0632. The zero-order chi connectivity index (χ0) is 14.7. The smallest absolute Gasteiger partial charge is 0.255 e. The Morgan fingerprint density at radius 3 is 2.80 bits per heavy atom. The number of pyridine rings is 1. The second-order valence-corrected chi connectivity index (χ2v) is 5.91. The normalized spacial score (nSPS) is 23.1. The van der Waals surface area contributed by atoms with E-state index in [0.717, 1.165) is 31.6 Å². The van der Waals surface area contributed by atoms with Crippen LogP contribution >= 0.6 is 0 Å². The maximum atomic E-state index is 12.5. The maximum absolute atomic E-state index is 12.5. The molecule has 1 amide bonds. The van der Waals surface area contributed by atoms with Gasteiger partial charge >= 0.3 is 0 Å². The van der Waals surface area contributed by atoms with E-state index in [4.69, 9.17) is 5.73 Å². The van der Waals surface area contributed by atoms with Crippen LogP contribution in [-0.4, -0.2) is 53.4 Å². The summed E-state index contributed by atoms with van der Waals surface area (Å²) in [4.78, 5) is 20.8. The third-order valence-electron chi connectivity index (χ3n) is 3.73. The van der Waals surface area contributed by atoms with Crippen molar-refractivity contribution >= 4 is 5.91 Å². The molecule has 20 heavy (non-hydrogen) atoms. The van der Waals surface area contributed by atoms with Gasteiger partial charge in [-0.2, -0.15) is 0 Å². The maximum Gasteiger partial charge on any atom is 0.255 e. The fourth-order valence-electron chi connectivity index (χ4n) is 2.64. The molecular formula is C15H24N4O. The SMILES string of the molecule is CC1CC(N)CCN1C(=O)c1ccc(CN(C)C)nc1. The van der Waals surface area contributed by atoms with Crippen LogP contribution in [0.15, 0.2) is 18.3 Å². The summed E-state index contributed by atoms with van der Waals surface area (Å²) in [6, 6.07) is 4.21. The van der Waals surface area contributed by atoms with E-state index in [9.17, 15) is 4.79 Å². The van der Waals surface area contributed by atoms with Crippen LogP contribution in [-0.2, 0) is 6.54 Å². The minimum absolute atomic E-state index is 0.0632. The monoisotopic (exact) mass is 276 g/mol. The molecule has 0 saturated carbocycles. The van der Waals surface area contributed by atoms with E-state index >= 15 is 0 Å². The van der Waals surface area contributed by atoms with Crippen LogP contribution < -0.4 is 5.73 Å². The molecule has 5 nitrogen and oxygen atoms in total. The average Bonchev–Trinajstić information content (AvgIpc) is 2.38. The predicted molar refractivity (Wildman–Crippen MR) is 79.3 cm³/mol. The highest BCUT2D eigenvalue weighted by molar-refractivity contribution is 5.94. The molecule has 2 atom stereocenters. The number of amides is 1. The summed E-state index contributed by atoms with van der Waals surface area (Å²) < 4.78 is 0. The van der Waals surface area contributed by atoms with Crippen molar-refractivity contribution in [2.45, 2.75) is 38.4 Å². The van der Waals surface area contributed by atoms with E-state index in [2.05, 4.69) is 16.8 Å². The number of carbonyl (C=O) groups is 1. The Hall–Kier alpha value is -1.46.